The van der Waals surface area contributed by atoms with E-state index in [2.05, 4.69) is 12.2 Å². The van der Waals surface area contributed by atoms with Gasteiger partial charge in [-0.1, -0.05) is 31.9 Å². The van der Waals surface area contributed by atoms with Crippen molar-refractivity contribution in [1.82, 2.24) is 5.32 Å². The van der Waals surface area contributed by atoms with Crippen LogP contribution < -0.4 is 5.32 Å². The lowest BCUT2D eigenvalue weighted by Crippen LogP contribution is -2.45. The maximum Gasteiger partial charge on any atom is 0.338 e. The first-order valence-electron chi connectivity index (χ1n) is 9.58. The average Bonchev–Trinajstić information content (AvgIpc) is 2.62. The van der Waals surface area contributed by atoms with Crippen molar-refractivity contribution in [3.8, 4) is 0 Å². The quantitative estimate of drug-likeness (QED) is 0.749. The molecule has 1 aliphatic carbocycles. The molecule has 0 saturated heterocycles. The zero-order valence-corrected chi connectivity index (χ0v) is 16.3. The van der Waals surface area contributed by atoms with Gasteiger partial charge in [-0.05, 0) is 57.2 Å². The van der Waals surface area contributed by atoms with Crippen molar-refractivity contribution in [3.63, 3.8) is 0 Å². The monoisotopic (exact) mass is 361 g/mol. The molecule has 3 atom stereocenters. The third-order valence-corrected chi connectivity index (χ3v) is 4.87. The Morgan fingerprint density at radius 3 is 2.38 bits per heavy atom. The van der Waals surface area contributed by atoms with Crippen molar-refractivity contribution >= 4 is 11.9 Å². The van der Waals surface area contributed by atoms with Crippen LogP contribution >= 0.6 is 0 Å². The summed E-state index contributed by atoms with van der Waals surface area (Å²) in [4.78, 5) is 24.6. The van der Waals surface area contributed by atoms with Crippen LogP contribution in [-0.4, -0.2) is 30.1 Å². The largest absolute Gasteiger partial charge is 0.449 e. The highest BCUT2D eigenvalue weighted by atomic mass is 16.5. The molecule has 2 rings (SSSR count). The van der Waals surface area contributed by atoms with Gasteiger partial charge in [0, 0.05) is 6.04 Å². The second-order valence-corrected chi connectivity index (χ2v) is 7.48. The Hall–Kier alpha value is -1.88. The molecule has 0 bridgehead atoms. The standard InChI is InChI=1S/C21H31NO4/c1-14(2)25-13-17-9-11-18(12-10-17)21(24)26-16(4)20(23)22-19-8-6-5-7-15(19)3/h9-12,14-16,19H,5-8,13H2,1-4H3,(H,22,23)/t15-,16-,19-/m1/s1. The van der Waals surface area contributed by atoms with Crippen molar-refractivity contribution < 1.29 is 19.1 Å². The molecule has 0 aromatic heterocycles. The van der Waals surface area contributed by atoms with Gasteiger partial charge in [0.2, 0.25) is 0 Å². The molecule has 0 spiro atoms. The number of hydrogen-bond acceptors (Lipinski definition) is 4. The normalized spacial score (nSPS) is 21.3. The van der Waals surface area contributed by atoms with Gasteiger partial charge in [0.1, 0.15) is 0 Å². The molecule has 1 aromatic rings. The van der Waals surface area contributed by atoms with Gasteiger partial charge in [0.25, 0.3) is 5.91 Å². The van der Waals surface area contributed by atoms with Crippen LogP contribution in [0.5, 0.6) is 0 Å². The predicted octanol–water partition coefficient (Wildman–Crippen LogP) is 3.85. The lowest BCUT2D eigenvalue weighted by atomic mass is 9.86. The summed E-state index contributed by atoms with van der Waals surface area (Å²) in [7, 11) is 0. The Labute approximate surface area is 156 Å². The third kappa shape index (κ3) is 6.13. The summed E-state index contributed by atoms with van der Waals surface area (Å²) in [6.45, 7) is 8.24. The molecule has 5 heteroatoms. The second-order valence-electron chi connectivity index (χ2n) is 7.48. The molecule has 1 aromatic carbocycles. The van der Waals surface area contributed by atoms with E-state index >= 15 is 0 Å². The maximum atomic E-state index is 12.3. The Morgan fingerprint density at radius 1 is 1.12 bits per heavy atom. The van der Waals surface area contributed by atoms with E-state index in [4.69, 9.17) is 9.47 Å². The first kappa shape index (κ1) is 20.4. The van der Waals surface area contributed by atoms with Crippen molar-refractivity contribution in [3.05, 3.63) is 35.4 Å². The summed E-state index contributed by atoms with van der Waals surface area (Å²) in [6.07, 6.45) is 3.83. The van der Waals surface area contributed by atoms with Gasteiger partial charge in [-0.25, -0.2) is 4.79 Å². The van der Waals surface area contributed by atoms with Gasteiger partial charge in [-0.2, -0.15) is 0 Å². The van der Waals surface area contributed by atoms with Crippen LogP contribution in [0.3, 0.4) is 0 Å². The highest BCUT2D eigenvalue weighted by Crippen LogP contribution is 2.23. The summed E-state index contributed by atoms with van der Waals surface area (Å²) in [5.74, 6) is -0.240. The number of amides is 1. The van der Waals surface area contributed by atoms with Crippen molar-refractivity contribution in [1.29, 1.82) is 0 Å². The Balaban J connectivity index is 1.84. The summed E-state index contributed by atoms with van der Waals surface area (Å²) in [5.41, 5.74) is 1.43. The number of esters is 1. The number of carbonyl (C=O) groups is 2. The van der Waals surface area contributed by atoms with E-state index < -0.39 is 12.1 Å². The maximum absolute atomic E-state index is 12.3. The van der Waals surface area contributed by atoms with Gasteiger partial charge < -0.3 is 14.8 Å². The number of carbonyl (C=O) groups excluding carboxylic acids is 2. The topological polar surface area (TPSA) is 64.6 Å². The molecule has 1 amide bonds. The molecule has 1 aliphatic rings. The van der Waals surface area contributed by atoms with Crippen LogP contribution in [0.4, 0.5) is 0 Å². The molecule has 1 saturated carbocycles. The third-order valence-electron chi connectivity index (χ3n) is 4.87. The van der Waals surface area contributed by atoms with E-state index in [0.29, 0.717) is 18.1 Å². The first-order valence-corrected chi connectivity index (χ1v) is 9.58. The van der Waals surface area contributed by atoms with Gasteiger partial charge in [-0.15, -0.1) is 0 Å². The smallest absolute Gasteiger partial charge is 0.338 e. The molecule has 5 nitrogen and oxygen atoms in total. The minimum Gasteiger partial charge on any atom is -0.449 e. The van der Waals surface area contributed by atoms with Gasteiger partial charge in [0.15, 0.2) is 6.10 Å². The lowest BCUT2D eigenvalue weighted by molar-refractivity contribution is -0.130. The van der Waals surface area contributed by atoms with Crippen molar-refractivity contribution in [2.75, 3.05) is 0 Å². The molecule has 0 unspecified atom stereocenters. The highest BCUT2D eigenvalue weighted by molar-refractivity contribution is 5.92. The number of benzene rings is 1. The van der Waals surface area contributed by atoms with E-state index in [1.54, 1.807) is 19.1 Å². The van der Waals surface area contributed by atoms with Crippen LogP contribution in [0.1, 0.15) is 69.3 Å². The Bertz CT molecular complexity index is 597. The van der Waals surface area contributed by atoms with Gasteiger partial charge in [0.05, 0.1) is 18.3 Å². The first-order chi connectivity index (χ1) is 12.4. The van der Waals surface area contributed by atoms with E-state index in [0.717, 1.165) is 24.8 Å². The van der Waals surface area contributed by atoms with Crippen LogP contribution in [0.2, 0.25) is 0 Å². The second kappa shape index (κ2) is 9.72. The van der Waals surface area contributed by atoms with Gasteiger partial charge >= 0.3 is 5.97 Å². The molecule has 1 N–H and O–H groups in total. The summed E-state index contributed by atoms with van der Waals surface area (Å²) in [6, 6.07) is 7.27. The summed E-state index contributed by atoms with van der Waals surface area (Å²) < 4.78 is 10.9. The number of rotatable bonds is 7. The van der Waals surface area contributed by atoms with Crippen LogP contribution in [-0.2, 0) is 20.9 Å². The lowest BCUT2D eigenvalue weighted by Gasteiger charge is -2.30. The Morgan fingerprint density at radius 2 is 1.77 bits per heavy atom. The fraction of sp³-hybridized carbons (Fsp3) is 0.619. The highest BCUT2D eigenvalue weighted by Gasteiger charge is 2.26. The zero-order chi connectivity index (χ0) is 19.1. The average molecular weight is 361 g/mol. The van der Waals surface area contributed by atoms with E-state index in [1.165, 1.54) is 6.42 Å². The molecule has 0 aliphatic heterocycles. The van der Waals surface area contributed by atoms with Crippen molar-refractivity contribution in [2.24, 2.45) is 5.92 Å². The van der Waals surface area contributed by atoms with E-state index in [1.807, 2.05) is 26.0 Å². The summed E-state index contributed by atoms with van der Waals surface area (Å²) >= 11 is 0. The predicted molar refractivity (Wildman–Crippen MR) is 101 cm³/mol. The van der Waals surface area contributed by atoms with E-state index in [-0.39, 0.29) is 18.1 Å². The molecular formula is C21H31NO4. The minimum absolute atomic E-state index is 0.158. The SMILES string of the molecule is CC(C)OCc1ccc(C(=O)O[C@H](C)C(=O)N[C@@H]2CCCC[C@H]2C)cc1. The number of ether oxygens (including phenoxy) is 2. The number of nitrogens with one attached hydrogen (secondary N) is 1. The van der Waals surface area contributed by atoms with Crippen LogP contribution in [0.15, 0.2) is 24.3 Å². The molecule has 26 heavy (non-hydrogen) atoms. The number of hydrogen-bond donors (Lipinski definition) is 1. The molecule has 0 heterocycles. The molecule has 1 fully saturated rings. The van der Waals surface area contributed by atoms with E-state index in [9.17, 15) is 9.59 Å². The minimum atomic E-state index is -0.805. The fourth-order valence-electron chi connectivity index (χ4n) is 3.11. The van der Waals surface area contributed by atoms with Crippen molar-refractivity contribution in [2.45, 2.75) is 78.2 Å². The van der Waals surface area contributed by atoms with Crippen LogP contribution in [0.25, 0.3) is 0 Å². The van der Waals surface area contributed by atoms with Gasteiger partial charge in [-0.3, -0.25) is 4.79 Å². The summed E-state index contributed by atoms with van der Waals surface area (Å²) in [5, 5.41) is 3.03. The Kier molecular flexibility index (Phi) is 7.64. The molecular weight excluding hydrogens is 330 g/mol. The fourth-order valence-corrected chi connectivity index (χ4v) is 3.11. The molecule has 144 valence electrons. The van der Waals surface area contributed by atoms with Crippen LogP contribution in [0, 0.1) is 5.92 Å². The zero-order valence-electron chi connectivity index (χ0n) is 16.3. The molecule has 0 radical (unpaired) electrons.